The first kappa shape index (κ1) is 14.9. The van der Waals surface area contributed by atoms with E-state index in [0.29, 0.717) is 0 Å². The summed E-state index contributed by atoms with van der Waals surface area (Å²) in [6.45, 7) is 9.31. The SMILES string of the molecule is CCCOCCN1CC(C)(C2CC2)NCc2ccccc21. The summed E-state index contributed by atoms with van der Waals surface area (Å²) in [5.41, 5.74) is 3.04. The molecule has 3 rings (SSSR count). The van der Waals surface area contributed by atoms with Crippen molar-refractivity contribution in [3.8, 4) is 0 Å². The Labute approximate surface area is 128 Å². The molecule has 0 bridgehead atoms. The van der Waals surface area contributed by atoms with E-state index in [2.05, 4.69) is 48.3 Å². The molecular weight excluding hydrogens is 260 g/mol. The van der Waals surface area contributed by atoms with Crippen LogP contribution in [0.2, 0.25) is 0 Å². The molecule has 0 radical (unpaired) electrons. The average molecular weight is 288 g/mol. The van der Waals surface area contributed by atoms with E-state index in [-0.39, 0.29) is 5.54 Å². The van der Waals surface area contributed by atoms with Crippen LogP contribution >= 0.6 is 0 Å². The number of para-hydroxylation sites is 1. The van der Waals surface area contributed by atoms with Gasteiger partial charge in [0.15, 0.2) is 0 Å². The molecule has 3 nitrogen and oxygen atoms in total. The molecule has 116 valence electrons. The summed E-state index contributed by atoms with van der Waals surface area (Å²) >= 11 is 0. The number of rotatable bonds is 6. The third-order valence-electron chi connectivity index (χ3n) is 4.87. The van der Waals surface area contributed by atoms with Gasteiger partial charge in [0, 0.05) is 37.5 Å². The van der Waals surface area contributed by atoms with Crippen molar-refractivity contribution in [2.45, 2.75) is 45.2 Å². The van der Waals surface area contributed by atoms with Crippen molar-refractivity contribution in [1.82, 2.24) is 5.32 Å². The molecule has 1 fully saturated rings. The average Bonchev–Trinajstić information content (AvgIpc) is 3.33. The van der Waals surface area contributed by atoms with Crippen LogP contribution in [0.3, 0.4) is 0 Å². The van der Waals surface area contributed by atoms with Crippen LogP contribution in [-0.2, 0) is 11.3 Å². The zero-order valence-electron chi connectivity index (χ0n) is 13.4. The molecule has 1 aliphatic heterocycles. The van der Waals surface area contributed by atoms with E-state index >= 15 is 0 Å². The first-order valence-corrected chi connectivity index (χ1v) is 8.38. The van der Waals surface area contributed by atoms with E-state index in [0.717, 1.165) is 45.2 Å². The molecule has 1 aromatic rings. The van der Waals surface area contributed by atoms with Crippen LogP contribution in [0.5, 0.6) is 0 Å². The zero-order valence-corrected chi connectivity index (χ0v) is 13.4. The van der Waals surface area contributed by atoms with Crippen molar-refractivity contribution >= 4 is 5.69 Å². The smallest absolute Gasteiger partial charge is 0.0641 e. The highest BCUT2D eigenvalue weighted by molar-refractivity contribution is 5.55. The van der Waals surface area contributed by atoms with Gasteiger partial charge in [-0.2, -0.15) is 0 Å². The highest BCUT2D eigenvalue weighted by atomic mass is 16.5. The summed E-state index contributed by atoms with van der Waals surface area (Å²) in [7, 11) is 0. The van der Waals surface area contributed by atoms with Crippen LogP contribution < -0.4 is 10.2 Å². The van der Waals surface area contributed by atoms with Crippen molar-refractivity contribution < 1.29 is 4.74 Å². The predicted octanol–water partition coefficient (Wildman–Crippen LogP) is 3.19. The monoisotopic (exact) mass is 288 g/mol. The van der Waals surface area contributed by atoms with E-state index in [1.807, 2.05) is 0 Å². The first-order chi connectivity index (χ1) is 10.2. The minimum Gasteiger partial charge on any atom is -0.380 e. The van der Waals surface area contributed by atoms with Gasteiger partial charge in [-0.15, -0.1) is 0 Å². The molecule has 2 aliphatic rings. The minimum absolute atomic E-state index is 0.240. The molecule has 0 spiro atoms. The van der Waals surface area contributed by atoms with Crippen LogP contribution in [0.25, 0.3) is 0 Å². The number of ether oxygens (including phenoxy) is 1. The molecule has 1 atom stereocenters. The second-order valence-electron chi connectivity index (χ2n) is 6.71. The summed E-state index contributed by atoms with van der Waals surface area (Å²) in [4.78, 5) is 2.53. The van der Waals surface area contributed by atoms with Crippen LogP contribution in [0.4, 0.5) is 5.69 Å². The summed E-state index contributed by atoms with van der Waals surface area (Å²) in [5.74, 6) is 0.839. The van der Waals surface area contributed by atoms with E-state index in [1.165, 1.54) is 24.1 Å². The van der Waals surface area contributed by atoms with Crippen molar-refractivity contribution in [2.24, 2.45) is 5.92 Å². The maximum absolute atomic E-state index is 5.72. The standard InChI is InChI=1S/C18H28N2O/c1-3-11-21-12-10-20-14-18(2,16-8-9-16)19-13-15-6-4-5-7-17(15)20/h4-7,16,19H,3,8-14H2,1-2H3. The second-order valence-corrected chi connectivity index (χ2v) is 6.71. The lowest BCUT2D eigenvalue weighted by molar-refractivity contribution is 0.139. The Morgan fingerprint density at radius 1 is 1.29 bits per heavy atom. The van der Waals surface area contributed by atoms with Gasteiger partial charge in [-0.3, -0.25) is 0 Å². The summed E-state index contributed by atoms with van der Waals surface area (Å²) in [5, 5.41) is 3.83. The lowest BCUT2D eigenvalue weighted by Crippen LogP contribution is -2.51. The Morgan fingerprint density at radius 2 is 2.10 bits per heavy atom. The van der Waals surface area contributed by atoms with E-state index in [1.54, 1.807) is 0 Å². The molecule has 1 saturated carbocycles. The zero-order chi connectivity index (χ0) is 14.7. The third kappa shape index (κ3) is 3.41. The Hall–Kier alpha value is -1.06. The fourth-order valence-corrected chi connectivity index (χ4v) is 3.42. The molecular formula is C18H28N2O. The van der Waals surface area contributed by atoms with Gasteiger partial charge in [-0.25, -0.2) is 0 Å². The Morgan fingerprint density at radius 3 is 2.86 bits per heavy atom. The van der Waals surface area contributed by atoms with Crippen molar-refractivity contribution in [3.05, 3.63) is 29.8 Å². The number of fused-ring (bicyclic) bond motifs is 1. The van der Waals surface area contributed by atoms with Crippen molar-refractivity contribution in [3.63, 3.8) is 0 Å². The van der Waals surface area contributed by atoms with Gasteiger partial charge in [0.05, 0.1) is 6.61 Å². The van der Waals surface area contributed by atoms with Gasteiger partial charge in [0.2, 0.25) is 0 Å². The minimum atomic E-state index is 0.240. The van der Waals surface area contributed by atoms with Gasteiger partial charge in [0.25, 0.3) is 0 Å². The largest absolute Gasteiger partial charge is 0.380 e. The molecule has 1 unspecified atom stereocenters. The van der Waals surface area contributed by atoms with Crippen molar-refractivity contribution in [1.29, 1.82) is 0 Å². The normalized spacial score (nSPS) is 25.5. The van der Waals surface area contributed by atoms with E-state index in [9.17, 15) is 0 Å². The van der Waals surface area contributed by atoms with Crippen LogP contribution in [0.15, 0.2) is 24.3 Å². The number of hydrogen-bond donors (Lipinski definition) is 1. The van der Waals surface area contributed by atoms with Crippen LogP contribution in [-0.4, -0.2) is 31.8 Å². The third-order valence-corrected chi connectivity index (χ3v) is 4.87. The van der Waals surface area contributed by atoms with Gasteiger partial charge in [-0.05, 0) is 43.7 Å². The highest BCUT2D eigenvalue weighted by Gasteiger charge is 2.43. The molecule has 1 aromatic carbocycles. The molecule has 1 heterocycles. The number of hydrogen-bond acceptors (Lipinski definition) is 3. The second kappa shape index (κ2) is 6.37. The Kier molecular flexibility index (Phi) is 4.51. The number of anilines is 1. The Balaban J connectivity index is 1.75. The predicted molar refractivity (Wildman–Crippen MR) is 87.7 cm³/mol. The molecule has 0 amide bonds. The Bertz CT molecular complexity index is 472. The van der Waals surface area contributed by atoms with Gasteiger partial charge < -0.3 is 15.0 Å². The number of benzene rings is 1. The molecule has 3 heteroatoms. The lowest BCUT2D eigenvalue weighted by atomic mass is 9.95. The van der Waals surface area contributed by atoms with Crippen LogP contribution in [0, 0.1) is 5.92 Å². The fourth-order valence-electron chi connectivity index (χ4n) is 3.42. The summed E-state index contributed by atoms with van der Waals surface area (Å²) in [6.07, 6.45) is 3.85. The lowest BCUT2D eigenvalue weighted by Gasteiger charge is -2.35. The molecule has 1 N–H and O–H groups in total. The number of nitrogens with zero attached hydrogens (tertiary/aromatic N) is 1. The van der Waals surface area contributed by atoms with E-state index < -0.39 is 0 Å². The fraction of sp³-hybridized carbons (Fsp3) is 0.667. The number of nitrogens with one attached hydrogen (secondary N) is 1. The maximum Gasteiger partial charge on any atom is 0.0641 e. The van der Waals surface area contributed by atoms with Gasteiger partial charge in [-0.1, -0.05) is 25.1 Å². The van der Waals surface area contributed by atoms with E-state index in [4.69, 9.17) is 4.74 Å². The first-order valence-electron chi connectivity index (χ1n) is 8.38. The maximum atomic E-state index is 5.72. The molecule has 0 aromatic heterocycles. The molecule has 0 saturated heterocycles. The quantitative estimate of drug-likeness (QED) is 0.814. The highest BCUT2D eigenvalue weighted by Crippen LogP contribution is 2.42. The summed E-state index contributed by atoms with van der Waals surface area (Å²) in [6, 6.07) is 8.81. The topological polar surface area (TPSA) is 24.5 Å². The van der Waals surface area contributed by atoms with Gasteiger partial charge >= 0.3 is 0 Å². The molecule has 21 heavy (non-hydrogen) atoms. The summed E-state index contributed by atoms with van der Waals surface area (Å²) < 4.78 is 5.72. The van der Waals surface area contributed by atoms with Crippen LogP contribution in [0.1, 0.15) is 38.7 Å². The molecule has 1 aliphatic carbocycles. The van der Waals surface area contributed by atoms with Crippen molar-refractivity contribution in [2.75, 3.05) is 31.2 Å². The van der Waals surface area contributed by atoms with Gasteiger partial charge in [0.1, 0.15) is 0 Å².